The van der Waals surface area contributed by atoms with Crippen molar-refractivity contribution in [2.24, 2.45) is 5.84 Å². The molecule has 0 heterocycles. The lowest BCUT2D eigenvalue weighted by molar-refractivity contribution is 0.106. The van der Waals surface area contributed by atoms with Crippen molar-refractivity contribution in [2.75, 3.05) is 24.9 Å². The summed E-state index contributed by atoms with van der Waals surface area (Å²) < 4.78 is 11.3. The van der Waals surface area contributed by atoms with Gasteiger partial charge in [0.2, 0.25) is 0 Å². The molecule has 170 valence electrons. The molecule has 0 radical (unpaired) electrons. The van der Waals surface area contributed by atoms with Crippen LogP contribution in [-0.2, 0) is 18.0 Å². The van der Waals surface area contributed by atoms with Crippen LogP contribution in [0.1, 0.15) is 52.6 Å². The number of rotatable bonds is 9. The van der Waals surface area contributed by atoms with Gasteiger partial charge in [-0.05, 0) is 71.8 Å². The second-order valence-corrected chi connectivity index (χ2v) is 8.31. The van der Waals surface area contributed by atoms with E-state index < -0.39 is 0 Å². The Balaban J connectivity index is 1.79. The van der Waals surface area contributed by atoms with Crippen molar-refractivity contribution >= 4 is 11.4 Å². The lowest BCUT2D eigenvalue weighted by Crippen LogP contribution is -2.26. The SMILES string of the molecule is CC[C@H](c1ccc(C)c(COCc2ccc(OC)cc2)c1)c1ccc(N(C)N)c(N)c1C. The van der Waals surface area contributed by atoms with Crippen molar-refractivity contribution in [3.8, 4) is 5.75 Å². The molecule has 0 aromatic heterocycles. The van der Waals surface area contributed by atoms with Gasteiger partial charge in [0, 0.05) is 13.0 Å². The molecule has 5 heteroatoms. The van der Waals surface area contributed by atoms with Crippen molar-refractivity contribution in [1.82, 2.24) is 0 Å². The van der Waals surface area contributed by atoms with Crippen molar-refractivity contribution in [2.45, 2.75) is 46.3 Å². The molecular formula is C27H35N3O2. The number of hydrogen-bond donors (Lipinski definition) is 2. The minimum Gasteiger partial charge on any atom is -0.497 e. The van der Waals surface area contributed by atoms with E-state index in [-0.39, 0.29) is 5.92 Å². The molecule has 3 rings (SSSR count). The van der Waals surface area contributed by atoms with E-state index in [4.69, 9.17) is 21.1 Å². The van der Waals surface area contributed by atoms with Crippen molar-refractivity contribution < 1.29 is 9.47 Å². The van der Waals surface area contributed by atoms with E-state index in [1.807, 2.05) is 30.3 Å². The van der Waals surface area contributed by atoms with Gasteiger partial charge in [-0.15, -0.1) is 0 Å². The average molecular weight is 434 g/mol. The largest absolute Gasteiger partial charge is 0.497 e. The van der Waals surface area contributed by atoms with Gasteiger partial charge in [-0.25, -0.2) is 5.84 Å². The molecule has 3 aromatic carbocycles. The summed E-state index contributed by atoms with van der Waals surface area (Å²) in [6.45, 7) is 7.55. The number of nitrogens with two attached hydrogens (primary N) is 2. The number of benzene rings is 3. The standard InChI is InChI=1S/C27H35N3O2/c1-6-24(25-13-14-26(30(4)29)27(28)19(25)3)21-10-7-18(2)22(15-21)17-32-16-20-8-11-23(31-5)12-9-20/h7-15,24H,6,16-17,28-29H2,1-5H3/t24-/m1/s1. The fourth-order valence-electron chi connectivity index (χ4n) is 4.12. The predicted octanol–water partition coefficient (Wildman–Crippen LogP) is 5.46. The van der Waals surface area contributed by atoms with Gasteiger partial charge in [0.25, 0.3) is 0 Å². The maximum absolute atomic E-state index is 6.40. The third-order valence-electron chi connectivity index (χ3n) is 6.16. The van der Waals surface area contributed by atoms with Crippen LogP contribution in [-0.4, -0.2) is 14.2 Å². The molecule has 0 amide bonds. The van der Waals surface area contributed by atoms with Gasteiger partial charge in [0.05, 0.1) is 31.7 Å². The minimum absolute atomic E-state index is 0.260. The molecule has 0 spiro atoms. The monoisotopic (exact) mass is 433 g/mol. The van der Waals surface area contributed by atoms with Gasteiger partial charge in [-0.2, -0.15) is 0 Å². The first kappa shape index (κ1) is 23.6. The molecule has 1 atom stereocenters. The highest BCUT2D eigenvalue weighted by molar-refractivity contribution is 5.72. The number of ether oxygens (including phenoxy) is 2. The summed E-state index contributed by atoms with van der Waals surface area (Å²) in [4.78, 5) is 0. The van der Waals surface area contributed by atoms with Crippen LogP contribution in [0.15, 0.2) is 54.6 Å². The first-order valence-electron chi connectivity index (χ1n) is 11.0. The normalized spacial score (nSPS) is 11.9. The minimum atomic E-state index is 0.260. The van der Waals surface area contributed by atoms with E-state index in [1.165, 1.54) is 22.3 Å². The Bertz CT molecular complexity index is 1050. The number of hydrogen-bond acceptors (Lipinski definition) is 5. The first-order chi connectivity index (χ1) is 15.3. The number of nitrogen functional groups attached to an aromatic ring is 1. The average Bonchev–Trinajstić information content (AvgIpc) is 2.79. The molecule has 0 aliphatic carbocycles. The summed E-state index contributed by atoms with van der Waals surface area (Å²) in [6, 6.07) is 18.8. The molecule has 5 nitrogen and oxygen atoms in total. The van der Waals surface area contributed by atoms with E-state index in [0.29, 0.717) is 13.2 Å². The highest BCUT2D eigenvalue weighted by Crippen LogP contribution is 2.36. The van der Waals surface area contributed by atoms with E-state index in [2.05, 4.69) is 45.0 Å². The zero-order chi connectivity index (χ0) is 23.3. The smallest absolute Gasteiger partial charge is 0.118 e. The Morgan fingerprint density at radius 1 is 0.969 bits per heavy atom. The molecule has 0 saturated carbocycles. The van der Waals surface area contributed by atoms with Gasteiger partial charge < -0.3 is 20.2 Å². The molecule has 0 saturated heterocycles. The van der Waals surface area contributed by atoms with Gasteiger partial charge >= 0.3 is 0 Å². The van der Waals surface area contributed by atoms with E-state index in [9.17, 15) is 0 Å². The van der Waals surface area contributed by atoms with Crippen LogP contribution in [0.4, 0.5) is 11.4 Å². The van der Waals surface area contributed by atoms with Crippen molar-refractivity contribution in [3.63, 3.8) is 0 Å². The summed E-state index contributed by atoms with van der Waals surface area (Å²) in [5, 5.41) is 1.57. The Labute approximate surface area is 191 Å². The third-order valence-corrected chi connectivity index (χ3v) is 6.16. The number of anilines is 2. The topological polar surface area (TPSA) is 73.7 Å². The highest BCUT2D eigenvalue weighted by Gasteiger charge is 2.19. The molecule has 0 bridgehead atoms. The zero-order valence-corrected chi connectivity index (χ0v) is 19.8. The maximum atomic E-state index is 6.40. The maximum Gasteiger partial charge on any atom is 0.118 e. The fraction of sp³-hybridized carbons (Fsp3) is 0.333. The molecule has 32 heavy (non-hydrogen) atoms. The van der Waals surface area contributed by atoms with Crippen LogP contribution in [0.3, 0.4) is 0 Å². The van der Waals surface area contributed by atoms with Crippen LogP contribution in [0.5, 0.6) is 5.75 Å². The molecule has 4 N–H and O–H groups in total. The molecular weight excluding hydrogens is 398 g/mol. The van der Waals surface area contributed by atoms with E-state index in [1.54, 1.807) is 19.2 Å². The van der Waals surface area contributed by atoms with Crippen molar-refractivity contribution in [1.29, 1.82) is 0 Å². The third kappa shape index (κ3) is 5.23. The number of aryl methyl sites for hydroxylation is 1. The van der Waals surface area contributed by atoms with Gasteiger partial charge in [-0.3, -0.25) is 0 Å². The van der Waals surface area contributed by atoms with Crippen LogP contribution in [0, 0.1) is 13.8 Å². The predicted molar refractivity (Wildman–Crippen MR) is 133 cm³/mol. The van der Waals surface area contributed by atoms with Crippen LogP contribution in [0.25, 0.3) is 0 Å². The molecule has 0 fully saturated rings. The quantitative estimate of drug-likeness (QED) is 0.266. The fourth-order valence-corrected chi connectivity index (χ4v) is 4.12. The zero-order valence-electron chi connectivity index (χ0n) is 19.8. The van der Waals surface area contributed by atoms with Gasteiger partial charge in [0.1, 0.15) is 5.75 Å². The number of nitrogens with zero attached hydrogens (tertiary/aromatic N) is 1. The molecule has 0 aliphatic rings. The van der Waals surface area contributed by atoms with E-state index in [0.717, 1.165) is 34.7 Å². The summed E-state index contributed by atoms with van der Waals surface area (Å²) in [5.41, 5.74) is 15.1. The lowest BCUT2D eigenvalue weighted by Gasteiger charge is -2.24. The van der Waals surface area contributed by atoms with Crippen molar-refractivity contribution in [3.05, 3.63) is 88.0 Å². The summed E-state index contributed by atoms with van der Waals surface area (Å²) in [5.74, 6) is 7.04. The second-order valence-electron chi connectivity index (χ2n) is 8.31. The molecule has 3 aromatic rings. The van der Waals surface area contributed by atoms with Gasteiger partial charge in [0.15, 0.2) is 0 Å². The van der Waals surface area contributed by atoms with E-state index >= 15 is 0 Å². The highest BCUT2D eigenvalue weighted by atomic mass is 16.5. The summed E-state index contributed by atoms with van der Waals surface area (Å²) >= 11 is 0. The number of hydrazine groups is 1. The molecule has 0 unspecified atom stereocenters. The van der Waals surface area contributed by atoms with Crippen LogP contribution in [0.2, 0.25) is 0 Å². The Morgan fingerprint density at radius 2 is 1.69 bits per heavy atom. The second kappa shape index (κ2) is 10.5. The Kier molecular flexibility index (Phi) is 7.78. The van der Waals surface area contributed by atoms with Crippen LogP contribution < -0.4 is 21.3 Å². The van der Waals surface area contributed by atoms with Gasteiger partial charge in [-0.1, -0.05) is 43.3 Å². The Morgan fingerprint density at radius 3 is 2.31 bits per heavy atom. The molecule has 0 aliphatic heterocycles. The summed E-state index contributed by atoms with van der Waals surface area (Å²) in [6.07, 6.45) is 0.979. The number of methoxy groups -OCH3 is 1. The van der Waals surface area contributed by atoms with Crippen LogP contribution >= 0.6 is 0 Å². The first-order valence-corrected chi connectivity index (χ1v) is 11.0. The summed E-state index contributed by atoms with van der Waals surface area (Å²) in [7, 11) is 3.48. The lowest BCUT2D eigenvalue weighted by atomic mass is 9.84. The Hall–Kier alpha value is -3.02.